The number of amides is 1. The maximum absolute atomic E-state index is 13.1. The Morgan fingerprint density at radius 2 is 1.60 bits per heavy atom. The van der Waals surface area contributed by atoms with E-state index in [1.54, 1.807) is 13.3 Å². The molecule has 0 saturated heterocycles. The van der Waals surface area contributed by atoms with Crippen LogP contribution >= 0.6 is 0 Å². The molecule has 176 valence electrons. The van der Waals surface area contributed by atoms with Crippen molar-refractivity contribution in [2.24, 2.45) is 0 Å². The predicted molar refractivity (Wildman–Crippen MR) is 133 cm³/mol. The number of allylic oxidation sites excluding steroid dienone is 1. The fourth-order valence-electron chi connectivity index (χ4n) is 4.72. The maximum atomic E-state index is 13.1. The van der Waals surface area contributed by atoms with E-state index in [-0.39, 0.29) is 5.92 Å². The molecule has 4 aromatic rings. The molecule has 0 aliphatic carbocycles. The van der Waals surface area contributed by atoms with Crippen LogP contribution in [0.3, 0.4) is 0 Å². The number of fused-ring (bicyclic) bond motifs is 2. The molecule has 3 heterocycles. The standard InChI is InChI=1S/C28H24N2O5/c1-33-19-13-11-18(12-14-19)24-25(27(31)34-2)23-10-6-7-16-29(23)26(24)21-15-17-30(28(32)35-3)22-9-5-4-8-20(21)22/h4-17,21H,1-3H3/t21-/m1/s1. The summed E-state index contributed by atoms with van der Waals surface area (Å²) in [5.74, 6) is 0.0443. The highest BCUT2D eigenvalue weighted by Crippen LogP contribution is 2.45. The average Bonchev–Trinajstić information content (AvgIpc) is 3.26. The van der Waals surface area contributed by atoms with Crippen molar-refractivity contribution in [3.63, 3.8) is 0 Å². The van der Waals surface area contributed by atoms with Crippen molar-refractivity contribution in [1.82, 2.24) is 4.40 Å². The van der Waals surface area contributed by atoms with Crippen molar-refractivity contribution in [3.05, 3.63) is 102 Å². The summed E-state index contributed by atoms with van der Waals surface area (Å²) in [6.45, 7) is 0. The highest BCUT2D eigenvalue weighted by atomic mass is 16.5. The molecule has 0 unspecified atom stereocenters. The maximum Gasteiger partial charge on any atom is 0.418 e. The van der Waals surface area contributed by atoms with Gasteiger partial charge < -0.3 is 18.6 Å². The number of aromatic nitrogens is 1. The molecule has 35 heavy (non-hydrogen) atoms. The van der Waals surface area contributed by atoms with Crippen LogP contribution in [-0.2, 0) is 9.47 Å². The van der Waals surface area contributed by atoms with Gasteiger partial charge in [-0.15, -0.1) is 0 Å². The molecule has 2 aromatic carbocycles. The van der Waals surface area contributed by atoms with E-state index in [1.165, 1.54) is 19.1 Å². The van der Waals surface area contributed by atoms with E-state index >= 15 is 0 Å². The Bertz CT molecular complexity index is 1450. The summed E-state index contributed by atoms with van der Waals surface area (Å²) in [4.78, 5) is 27.0. The third-order valence-corrected chi connectivity index (χ3v) is 6.27. The van der Waals surface area contributed by atoms with Crippen LogP contribution in [0.4, 0.5) is 10.5 Å². The largest absolute Gasteiger partial charge is 0.497 e. The van der Waals surface area contributed by atoms with Gasteiger partial charge in [0.15, 0.2) is 0 Å². The Morgan fingerprint density at radius 3 is 2.31 bits per heavy atom. The van der Waals surface area contributed by atoms with Crippen molar-refractivity contribution in [2.75, 3.05) is 26.2 Å². The highest BCUT2D eigenvalue weighted by Gasteiger charge is 2.33. The number of hydrogen-bond acceptors (Lipinski definition) is 5. The number of carbonyl (C=O) groups is 2. The van der Waals surface area contributed by atoms with Crippen molar-refractivity contribution in [1.29, 1.82) is 0 Å². The summed E-state index contributed by atoms with van der Waals surface area (Å²) in [7, 11) is 4.36. The SMILES string of the molecule is COC(=O)c1c(-c2ccc(OC)cc2)c([C@@H]2C=CN(C(=O)OC)c3ccccc32)n2ccccc12. The number of anilines is 1. The molecule has 0 bridgehead atoms. The summed E-state index contributed by atoms with van der Waals surface area (Å²) in [5.41, 5.74) is 5.36. The lowest BCUT2D eigenvalue weighted by molar-refractivity contribution is 0.0604. The van der Waals surface area contributed by atoms with E-state index < -0.39 is 12.1 Å². The molecule has 1 aliphatic rings. The summed E-state index contributed by atoms with van der Waals surface area (Å²) in [6.07, 6.45) is 5.13. The lowest BCUT2D eigenvalue weighted by atomic mass is 9.86. The van der Waals surface area contributed by atoms with Crippen LogP contribution in [0.25, 0.3) is 16.6 Å². The number of methoxy groups -OCH3 is 3. The molecule has 0 fully saturated rings. The second kappa shape index (κ2) is 9.02. The minimum Gasteiger partial charge on any atom is -0.497 e. The molecule has 1 amide bonds. The molecule has 1 atom stereocenters. The molecular weight excluding hydrogens is 444 g/mol. The number of ether oxygens (including phenoxy) is 3. The lowest BCUT2D eigenvalue weighted by Crippen LogP contribution is -2.29. The molecule has 7 heteroatoms. The topological polar surface area (TPSA) is 69.5 Å². The molecular formula is C28H24N2O5. The number of nitrogens with zero attached hydrogens (tertiary/aromatic N) is 2. The van der Waals surface area contributed by atoms with E-state index in [1.807, 2.05) is 83.4 Å². The van der Waals surface area contributed by atoms with Gasteiger partial charge >= 0.3 is 12.1 Å². The van der Waals surface area contributed by atoms with Crippen molar-refractivity contribution in [2.45, 2.75) is 5.92 Å². The number of hydrogen-bond donors (Lipinski definition) is 0. The minimum absolute atomic E-state index is 0.252. The second-order valence-electron chi connectivity index (χ2n) is 8.03. The van der Waals surface area contributed by atoms with Gasteiger partial charge in [-0.3, -0.25) is 4.90 Å². The van der Waals surface area contributed by atoms with Gasteiger partial charge in [-0.05, 0) is 41.5 Å². The molecule has 0 radical (unpaired) electrons. The molecule has 1 aliphatic heterocycles. The number of pyridine rings is 1. The second-order valence-corrected chi connectivity index (χ2v) is 8.03. The zero-order valence-corrected chi connectivity index (χ0v) is 19.6. The van der Waals surface area contributed by atoms with Gasteiger partial charge in [0.25, 0.3) is 0 Å². The smallest absolute Gasteiger partial charge is 0.418 e. The third-order valence-electron chi connectivity index (χ3n) is 6.27. The van der Waals surface area contributed by atoms with Gasteiger partial charge in [-0.1, -0.05) is 42.5 Å². The Kier molecular flexibility index (Phi) is 5.74. The van der Waals surface area contributed by atoms with Gasteiger partial charge in [0.05, 0.1) is 38.1 Å². The normalized spacial score (nSPS) is 14.5. The Balaban J connectivity index is 1.83. The summed E-state index contributed by atoms with van der Waals surface area (Å²) in [5, 5.41) is 0. The summed E-state index contributed by atoms with van der Waals surface area (Å²) >= 11 is 0. The zero-order valence-electron chi connectivity index (χ0n) is 19.6. The first-order valence-electron chi connectivity index (χ1n) is 11.1. The van der Waals surface area contributed by atoms with Gasteiger partial charge in [0, 0.05) is 29.6 Å². The van der Waals surface area contributed by atoms with Gasteiger partial charge in [-0.2, -0.15) is 0 Å². The monoisotopic (exact) mass is 468 g/mol. The Hall–Kier alpha value is -4.52. The fraction of sp³-hybridized carbons (Fsp3) is 0.143. The quantitative estimate of drug-likeness (QED) is 0.363. The molecule has 7 nitrogen and oxygen atoms in total. The predicted octanol–water partition coefficient (Wildman–Crippen LogP) is 5.63. The first-order chi connectivity index (χ1) is 17.1. The van der Waals surface area contributed by atoms with Crippen LogP contribution in [0.5, 0.6) is 5.75 Å². The molecule has 0 N–H and O–H groups in total. The summed E-state index contributed by atoms with van der Waals surface area (Å²) < 4.78 is 17.6. The minimum atomic E-state index is -0.474. The van der Waals surface area contributed by atoms with E-state index in [0.717, 1.165) is 39.3 Å². The van der Waals surface area contributed by atoms with E-state index in [0.29, 0.717) is 5.56 Å². The fourth-order valence-corrected chi connectivity index (χ4v) is 4.72. The number of carbonyl (C=O) groups excluding carboxylic acids is 2. The lowest BCUT2D eigenvalue weighted by Gasteiger charge is -2.29. The van der Waals surface area contributed by atoms with Gasteiger partial charge in [0.2, 0.25) is 0 Å². The molecule has 2 aromatic heterocycles. The number of para-hydroxylation sites is 1. The van der Waals surface area contributed by atoms with Gasteiger partial charge in [-0.25, -0.2) is 9.59 Å². The Morgan fingerprint density at radius 1 is 0.857 bits per heavy atom. The van der Waals surface area contributed by atoms with E-state index in [9.17, 15) is 9.59 Å². The van der Waals surface area contributed by atoms with Crippen LogP contribution in [0, 0.1) is 0 Å². The zero-order chi connectivity index (χ0) is 24.5. The van der Waals surface area contributed by atoms with Crippen LogP contribution in [0.15, 0.2) is 85.2 Å². The van der Waals surface area contributed by atoms with E-state index in [4.69, 9.17) is 14.2 Å². The highest BCUT2D eigenvalue weighted by molar-refractivity contribution is 6.06. The molecule has 0 spiro atoms. The van der Waals surface area contributed by atoms with Crippen LogP contribution in [0.1, 0.15) is 27.5 Å². The van der Waals surface area contributed by atoms with Crippen LogP contribution in [-0.4, -0.2) is 37.8 Å². The van der Waals surface area contributed by atoms with Crippen LogP contribution in [0.2, 0.25) is 0 Å². The Labute approximate surface area is 202 Å². The van der Waals surface area contributed by atoms with Gasteiger partial charge in [0.1, 0.15) is 5.75 Å². The average molecular weight is 469 g/mol. The van der Waals surface area contributed by atoms with Crippen molar-refractivity contribution >= 4 is 23.3 Å². The van der Waals surface area contributed by atoms with Crippen LogP contribution < -0.4 is 9.64 Å². The number of benzene rings is 2. The molecule has 0 saturated carbocycles. The number of rotatable bonds is 4. The number of esters is 1. The summed E-state index contributed by atoms with van der Waals surface area (Å²) in [6, 6.07) is 21.0. The third kappa shape index (κ3) is 3.61. The van der Waals surface area contributed by atoms with Crippen molar-refractivity contribution in [3.8, 4) is 16.9 Å². The van der Waals surface area contributed by atoms with E-state index in [2.05, 4.69) is 0 Å². The first kappa shape index (κ1) is 22.3. The van der Waals surface area contributed by atoms with Crippen molar-refractivity contribution < 1.29 is 23.8 Å². The first-order valence-corrected chi connectivity index (χ1v) is 11.1. The molecule has 5 rings (SSSR count).